The molecule has 180 valence electrons. The Morgan fingerprint density at radius 1 is 1.06 bits per heavy atom. The van der Waals surface area contributed by atoms with Gasteiger partial charge in [0.15, 0.2) is 0 Å². The van der Waals surface area contributed by atoms with E-state index in [-0.39, 0.29) is 24.1 Å². The Morgan fingerprint density at radius 2 is 1.82 bits per heavy atom. The van der Waals surface area contributed by atoms with Gasteiger partial charge in [0, 0.05) is 18.4 Å². The van der Waals surface area contributed by atoms with E-state index in [0.29, 0.717) is 24.1 Å². The summed E-state index contributed by atoms with van der Waals surface area (Å²) >= 11 is 0. The number of hydrogen-bond acceptors (Lipinski definition) is 6. The van der Waals surface area contributed by atoms with Crippen LogP contribution in [0.4, 0.5) is 5.69 Å². The van der Waals surface area contributed by atoms with Crippen LogP contribution in [0.25, 0.3) is 5.57 Å². The van der Waals surface area contributed by atoms with Gasteiger partial charge in [-0.15, -0.1) is 0 Å². The average molecular weight is 464 g/mol. The normalized spacial score (nSPS) is 13.9. The smallest absolute Gasteiger partial charge is 0.379 e. The number of unbranched alkanes of at least 4 members (excludes halogenated alkanes) is 1. The predicted molar refractivity (Wildman–Crippen MR) is 133 cm³/mol. The number of fused-ring (bicyclic) bond motifs is 1. The Balaban J connectivity index is 1.83. The van der Waals surface area contributed by atoms with Gasteiger partial charge in [-0.05, 0) is 48.1 Å². The first-order valence-electron chi connectivity index (χ1n) is 11.9. The third-order valence-electron chi connectivity index (χ3n) is 6.23. The molecule has 0 fully saturated rings. The van der Waals surface area contributed by atoms with Gasteiger partial charge in [-0.2, -0.15) is 0 Å². The predicted octanol–water partition coefficient (Wildman–Crippen LogP) is 5.21. The van der Waals surface area contributed by atoms with Crippen molar-refractivity contribution in [2.45, 2.75) is 46.0 Å². The Kier molecular flexibility index (Phi) is 9.02. The van der Waals surface area contributed by atoms with Gasteiger partial charge >= 0.3 is 11.9 Å². The van der Waals surface area contributed by atoms with Gasteiger partial charge in [-0.25, -0.2) is 9.59 Å². The SMILES string of the molecule is CCCCC(CC)COC(=O)C(=O)/C(=C/N1CCc2cc(C(=O)OC)ccc21)c1ccccc1. The summed E-state index contributed by atoms with van der Waals surface area (Å²) in [6, 6.07) is 14.5. The second kappa shape index (κ2) is 12.2. The lowest BCUT2D eigenvalue weighted by molar-refractivity contribution is -0.152. The van der Waals surface area contributed by atoms with Crippen molar-refractivity contribution in [1.29, 1.82) is 0 Å². The van der Waals surface area contributed by atoms with Gasteiger partial charge in [0.05, 0.1) is 24.9 Å². The molecule has 0 aliphatic carbocycles. The summed E-state index contributed by atoms with van der Waals surface area (Å²) in [7, 11) is 1.36. The molecule has 34 heavy (non-hydrogen) atoms. The van der Waals surface area contributed by atoms with Crippen LogP contribution in [0.2, 0.25) is 0 Å². The Bertz CT molecular complexity index is 1040. The minimum atomic E-state index is -0.828. The van der Waals surface area contributed by atoms with Gasteiger partial charge in [-0.1, -0.05) is 63.4 Å². The second-order valence-corrected chi connectivity index (χ2v) is 8.53. The fourth-order valence-electron chi connectivity index (χ4n) is 4.11. The van der Waals surface area contributed by atoms with Gasteiger partial charge < -0.3 is 14.4 Å². The number of methoxy groups -OCH3 is 1. The summed E-state index contributed by atoms with van der Waals surface area (Å²) in [4.78, 5) is 39.8. The van der Waals surface area contributed by atoms with Crippen LogP contribution in [0.3, 0.4) is 0 Å². The van der Waals surface area contributed by atoms with Gasteiger partial charge in [0.1, 0.15) is 0 Å². The van der Waals surface area contributed by atoms with Crippen LogP contribution < -0.4 is 4.90 Å². The molecule has 1 unspecified atom stereocenters. The van der Waals surface area contributed by atoms with Crippen LogP contribution in [0.5, 0.6) is 0 Å². The highest BCUT2D eigenvalue weighted by Crippen LogP contribution is 2.31. The van der Waals surface area contributed by atoms with Crippen LogP contribution >= 0.6 is 0 Å². The second-order valence-electron chi connectivity index (χ2n) is 8.53. The molecule has 0 saturated heterocycles. The summed E-state index contributed by atoms with van der Waals surface area (Å²) in [5.74, 6) is -1.61. The number of hydrogen-bond donors (Lipinski definition) is 0. The maximum atomic E-state index is 13.2. The molecule has 0 amide bonds. The molecule has 0 N–H and O–H groups in total. The molecule has 1 heterocycles. The summed E-state index contributed by atoms with van der Waals surface area (Å²) in [5.41, 5.74) is 3.32. The van der Waals surface area contributed by atoms with Crippen molar-refractivity contribution < 1.29 is 23.9 Å². The summed E-state index contributed by atoms with van der Waals surface area (Å²) in [6.07, 6.45) is 6.48. The van der Waals surface area contributed by atoms with E-state index < -0.39 is 11.8 Å². The van der Waals surface area contributed by atoms with E-state index in [1.165, 1.54) is 7.11 Å². The van der Waals surface area contributed by atoms with Crippen LogP contribution in [0.1, 0.15) is 61.0 Å². The summed E-state index contributed by atoms with van der Waals surface area (Å²) in [5, 5.41) is 0. The molecule has 1 atom stereocenters. The van der Waals surface area contributed by atoms with Crippen LogP contribution in [0, 0.1) is 5.92 Å². The van der Waals surface area contributed by atoms with Gasteiger partial charge in [0.25, 0.3) is 5.78 Å². The molecule has 0 saturated carbocycles. The number of rotatable bonds is 11. The Hall–Kier alpha value is -3.41. The molecule has 6 heteroatoms. The van der Waals surface area contributed by atoms with Crippen molar-refractivity contribution in [1.82, 2.24) is 0 Å². The average Bonchev–Trinajstić information content (AvgIpc) is 3.28. The van der Waals surface area contributed by atoms with E-state index in [2.05, 4.69) is 13.8 Å². The number of ether oxygens (including phenoxy) is 2. The quantitative estimate of drug-likeness (QED) is 0.259. The first kappa shape index (κ1) is 25.2. The molecule has 1 aliphatic heterocycles. The number of anilines is 1. The molecule has 2 aromatic rings. The number of esters is 2. The highest BCUT2D eigenvalue weighted by molar-refractivity contribution is 6.51. The third kappa shape index (κ3) is 6.13. The fraction of sp³-hybridized carbons (Fsp3) is 0.393. The zero-order valence-electron chi connectivity index (χ0n) is 20.2. The third-order valence-corrected chi connectivity index (χ3v) is 6.23. The fourth-order valence-corrected chi connectivity index (χ4v) is 4.11. The highest BCUT2D eigenvalue weighted by Gasteiger charge is 2.26. The summed E-state index contributed by atoms with van der Waals surface area (Å²) in [6.45, 7) is 5.09. The maximum absolute atomic E-state index is 13.2. The minimum Gasteiger partial charge on any atom is -0.465 e. The number of nitrogens with zero attached hydrogens (tertiary/aromatic N) is 1. The molecule has 0 bridgehead atoms. The van der Waals surface area contributed by atoms with Crippen molar-refractivity contribution >= 4 is 29.0 Å². The van der Waals surface area contributed by atoms with E-state index in [1.54, 1.807) is 12.3 Å². The first-order chi connectivity index (χ1) is 16.5. The Morgan fingerprint density at radius 3 is 2.50 bits per heavy atom. The molecule has 0 spiro atoms. The molecular formula is C28H33NO5. The lowest BCUT2D eigenvalue weighted by Gasteiger charge is -2.18. The largest absolute Gasteiger partial charge is 0.465 e. The Labute approximate surface area is 201 Å². The van der Waals surface area contributed by atoms with Crippen molar-refractivity contribution in [2.24, 2.45) is 5.92 Å². The first-order valence-corrected chi connectivity index (χ1v) is 11.9. The standard InChI is InChI=1S/C28H33NO5/c1-4-6-10-20(5-2)19-34-28(32)26(30)24(21-11-8-7-9-12-21)18-29-16-15-22-17-23(27(31)33-3)13-14-25(22)29/h7-9,11-14,17-18,20H,4-6,10,15-16,19H2,1-3H3/b24-18+. The van der Waals surface area contributed by atoms with Crippen molar-refractivity contribution in [3.8, 4) is 0 Å². The van der Waals surface area contributed by atoms with E-state index in [4.69, 9.17) is 9.47 Å². The topological polar surface area (TPSA) is 72.9 Å². The molecule has 1 aliphatic rings. The van der Waals surface area contributed by atoms with Gasteiger partial charge in [0.2, 0.25) is 0 Å². The minimum absolute atomic E-state index is 0.256. The molecule has 2 aromatic carbocycles. The molecule has 3 rings (SSSR count). The van der Waals surface area contributed by atoms with Crippen LogP contribution in [0.15, 0.2) is 54.7 Å². The summed E-state index contributed by atoms with van der Waals surface area (Å²) < 4.78 is 10.3. The van der Waals surface area contributed by atoms with Crippen molar-refractivity contribution in [3.63, 3.8) is 0 Å². The maximum Gasteiger partial charge on any atom is 0.379 e. The van der Waals surface area contributed by atoms with Crippen molar-refractivity contribution in [2.75, 3.05) is 25.2 Å². The molecular weight excluding hydrogens is 430 g/mol. The van der Waals surface area contributed by atoms with Gasteiger partial charge in [-0.3, -0.25) is 4.79 Å². The van der Waals surface area contributed by atoms with Crippen LogP contribution in [-0.2, 0) is 25.5 Å². The number of carbonyl (C=O) groups excluding carboxylic acids is 3. The van der Waals surface area contributed by atoms with E-state index in [0.717, 1.165) is 36.9 Å². The molecule has 0 radical (unpaired) electrons. The molecule has 6 nitrogen and oxygen atoms in total. The van der Waals surface area contributed by atoms with Crippen LogP contribution in [-0.4, -0.2) is 38.0 Å². The van der Waals surface area contributed by atoms with Crippen molar-refractivity contribution in [3.05, 3.63) is 71.4 Å². The zero-order chi connectivity index (χ0) is 24.5. The molecule has 0 aromatic heterocycles. The highest BCUT2D eigenvalue weighted by atomic mass is 16.5. The lowest BCUT2D eigenvalue weighted by Crippen LogP contribution is -2.24. The number of carbonyl (C=O) groups is 3. The lowest BCUT2D eigenvalue weighted by atomic mass is 10.0. The number of Topliss-reactive ketones (excluding diaryl/α,β-unsaturated/α-hetero) is 1. The number of benzene rings is 2. The number of ketones is 1. The zero-order valence-corrected chi connectivity index (χ0v) is 20.2. The van der Waals surface area contributed by atoms with E-state index in [9.17, 15) is 14.4 Å². The van der Waals surface area contributed by atoms with E-state index in [1.807, 2.05) is 47.4 Å². The monoisotopic (exact) mass is 463 g/mol. The van der Waals surface area contributed by atoms with E-state index >= 15 is 0 Å².